The van der Waals surface area contributed by atoms with Gasteiger partial charge in [0.2, 0.25) is 0 Å². The summed E-state index contributed by atoms with van der Waals surface area (Å²) in [5.41, 5.74) is 4.41. The van der Waals surface area contributed by atoms with Gasteiger partial charge in [-0.25, -0.2) is 19.0 Å². The van der Waals surface area contributed by atoms with Gasteiger partial charge in [0, 0.05) is 12.1 Å². The number of thioether (sulfide) groups is 1. The number of hydrogen-bond acceptors (Lipinski definition) is 5. The van der Waals surface area contributed by atoms with Gasteiger partial charge in [-0.15, -0.1) is 0 Å². The van der Waals surface area contributed by atoms with E-state index in [1.165, 1.54) is 23.9 Å². The Morgan fingerprint density at radius 2 is 1.56 bits per heavy atom. The number of nitrogens with zero attached hydrogens (tertiary/aromatic N) is 4. The number of hydrogen-bond donors (Lipinski definition) is 1. The highest BCUT2D eigenvalue weighted by molar-refractivity contribution is 7.98. The highest BCUT2D eigenvalue weighted by Gasteiger charge is 2.20. The van der Waals surface area contributed by atoms with Gasteiger partial charge in [-0.3, -0.25) is 0 Å². The lowest BCUT2D eigenvalue weighted by Crippen LogP contribution is -2.05. The minimum absolute atomic E-state index is 0.252. The van der Waals surface area contributed by atoms with Crippen LogP contribution in [0.5, 0.6) is 0 Å². The predicted molar refractivity (Wildman–Crippen MR) is 128 cm³/mol. The molecule has 0 spiro atoms. The largest absolute Gasteiger partial charge is 0.365 e. The maximum Gasteiger partial charge on any atom is 0.191 e. The normalized spacial score (nSPS) is 11.1. The maximum absolute atomic E-state index is 13.3. The third-order valence-corrected chi connectivity index (χ3v) is 5.66. The molecule has 158 valence electrons. The number of para-hydroxylation sites is 1. The second kappa shape index (κ2) is 8.80. The standard InChI is InChI=1S/C25H20FN5S/c1-32-25-28-23(27-16-17-12-14-19(26)15-13-17)21-22(18-8-4-2-5-9-18)30-31(24(21)29-25)20-10-6-3-7-11-20/h2-15H,16H2,1H3,(H,27,28,29). The zero-order chi connectivity index (χ0) is 21.9. The van der Waals surface area contributed by atoms with Gasteiger partial charge in [0.15, 0.2) is 10.8 Å². The van der Waals surface area contributed by atoms with Crippen LogP contribution in [0, 0.1) is 5.82 Å². The summed E-state index contributed by atoms with van der Waals surface area (Å²) in [7, 11) is 0. The first-order chi connectivity index (χ1) is 15.7. The summed E-state index contributed by atoms with van der Waals surface area (Å²) in [5, 5.41) is 9.88. The van der Waals surface area contributed by atoms with E-state index in [1.807, 2.05) is 71.6 Å². The Morgan fingerprint density at radius 1 is 0.875 bits per heavy atom. The molecule has 2 heterocycles. The molecule has 1 N–H and O–H groups in total. The molecule has 0 saturated heterocycles. The third kappa shape index (κ3) is 3.94. The SMILES string of the molecule is CSc1nc(NCc2ccc(F)cc2)c2c(-c3ccccc3)nn(-c3ccccc3)c2n1. The van der Waals surface area contributed by atoms with Gasteiger partial charge < -0.3 is 5.32 Å². The first-order valence-corrected chi connectivity index (χ1v) is 11.4. The fraction of sp³-hybridized carbons (Fsp3) is 0.0800. The average molecular weight is 442 g/mol. The van der Waals surface area contributed by atoms with E-state index in [-0.39, 0.29) is 5.82 Å². The van der Waals surface area contributed by atoms with Crippen molar-refractivity contribution in [1.29, 1.82) is 0 Å². The molecule has 32 heavy (non-hydrogen) atoms. The van der Waals surface area contributed by atoms with Gasteiger partial charge in [-0.1, -0.05) is 72.4 Å². The van der Waals surface area contributed by atoms with Crippen molar-refractivity contribution in [3.05, 3.63) is 96.3 Å². The third-order valence-electron chi connectivity index (χ3n) is 5.11. The van der Waals surface area contributed by atoms with E-state index in [0.717, 1.165) is 33.5 Å². The lowest BCUT2D eigenvalue weighted by atomic mass is 10.1. The molecular formula is C25H20FN5S. The van der Waals surface area contributed by atoms with Crippen LogP contribution in [0.4, 0.5) is 10.2 Å². The molecular weight excluding hydrogens is 421 g/mol. The molecule has 0 amide bonds. The lowest BCUT2D eigenvalue weighted by Gasteiger charge is -2.10. The Balaban J connectivity index is 1.70. The molecule has 5 aromatic rings. The van der Waals surface area contributed by atoms with Crippen LogP contribution >= 0.6 is 11.8 Å². The molecule has 3 aromatic carbocycles. The summed E-state index contributed by atoms with van der Waals surface area (Å²) in [6, 6.07) is 26.4. The van der Waals surface area contributed by atoms with Crippen molar-refractivity contribution in [3.63, 3.8) is 0 Å². The van der Waals surface area contributed by atoms with E-state index in [9.17, 15) is 4.39 Å². The molecule has 0 aliphatic carbocycles. The van der Waals surface area contributed by atoms with Crippen molar-refractivity contribution in [2.45, 2.75) is 11.7 Å². The highest BCUT2D eigenvalue weighted by Crippen LogP contribution is 2.34. The molecule has 5 rings (SSSR count). The fourth-order valence-corrected chi connectivity index (χ4v) is 3.91. The van der Waals surface area contributed by atoms with Crippen LogP contribution < -0.4 is 5.32 Å². The molecule has 0 bridgehead atoms. The quantitative estimate of drug-likeness (QED) is 0.260. The summed E-state index contributed by atoms with van der Waals surface area (Å²) in [6.07, 6.45) is 1.95. The van der Waals surface area contributed by atoms with Crippen LogP contribution in [0.25, 0.3) is 28.0 Å². The van der Waals surface area contributed by atoms with Crippen LogP contribution in [0.1, 0.15) is 5.56 Å². The summed E-state index contributed by atoms with van der Waals surface area (Å²) in [6.45, 7) is 0.505. The molecule has 0 aliphatic rings. The Bertz CT molecular complexity index is 1350. The van der Waals surface area contributed by atoms with Gasteiger partial charge in [-0.05, 0) is 36.1 Å². The monoisotopic (exact) mass is 441 g/mol. The molecule has 0 unspecified atom stereocenters. The molecule has 0 aliphatic heterocycles. The van der Waals surface area contributed by atoms with Gasteiger partial charge in [0.1, 0.15) is 17.3 Å². The average Bonchev–Trinajstić information content (AvgIpc) is 3.24. The van der Waals surface area contributed by atoms with Crippen molar-refractivity contribution < 1.29 is 4.39 Å². The van der Waals surface area contributed by atoms with E-state index in [4.69, 9.17) is 15.1 Å². The fourth-order valence-electron chi connectivity index (χ4n) is 3.55. The Kier molecular flexibility index (Phi) is 5.56. The molecule has 0 radical (unpaired) electrons. The van der Waals surface area contributed by atoms with E-state index < -0.39 is 0 Å². The van der Waals surface area contributed by atoms with Gasteiger partial charge >= 0.3 is 0 Å². The van der Waals surface area contributed by atoms with Crippen molar-refractivity contribution >= 4 is 28.6 Å². The van der Waals surface area contributed by atoms with Crippen molar-refractivity contribution in [2.24, 2.45) is 0 Å². The number of halogens is 1. The zero-order valence-corrected chi connectivity index (χ0v) is 18.2. The van der Waals surface area contributed by atoms with Gasteiger partial charge in [0.05, 0.1) is 11.1 Å². The number of anilines is 1. The first-order valence-electron chi connectivity index (χ1n) is 10.2. The molecule has 5 nitrogen and oxygen atoms in total. The lowest BCUT2D eigenvalue weighted by molar-refractivity contribution is 0.627. The Labute approximate surface area is 189 Å². The van der Waals surface area contributed by atoms with Gasteiger partial charge in [-0.2, -0.15) is 5.10 Å². The van der Waals surface area contributed by atoms with Crippen LogP contribution in [-0.2, 0) is 6.54 Å². The number of nitrogens with one attached hydrogen (secondary N) is 1. The van der Waals surface area contributed by atoms with Crippen molar-refractivity contribution in [2.75, 3.05) is 11.6 Å². The number of benzene rings is 3. The maximum atomic E-state index is 13.3. The summed E-state index contributed by atoms with van der Waals surface area (Å²) < 4.78 is 15.2. The summed E-state index contributed by atoms with van der Waals surface area (Å²) in [4.78, 5) is 9.56. The summed E-state index contributed by atoms with van der Waals surface area (Å²) >= 11 is 1.48. The van der Waals surface area contributed by atoms with Crippen LogP contribution in [-0.4, -0.2) is 26.0 Å². The van der Waals surface area contributed by atoms with Crippen LogP contribution in [0.2, 0.25) is 0 Å². The van der Waals surface area contributed by atoms with E-state index in [1.54, 1.807) is 12.1 Å². The molecule has 2 aromatic heterocycles. The van der Waals surface area contributed by atoms with E-state index >= 15 is 0 Å². The minimum Gasteiger partial charge on any atom is -0.365 e. The molecule has 0 atom stereocenters. The Morgan fingerprint density at radius 3 is 2.25 bits per heavy atom. The number of fused-ring (bicyclic) bond motifs is 1. The second-order valence-corrected chi connectivity index (χ2v) is 7.97. The van der Waals surface area contributed by atoms with E-state index in [2.05, 4.69) is 5.32 Å². The topological polar surface area (TPSA) is 55.6 Å². The molecule has 7 heteroatoms. The minimum atomic E-state index is -0.252. The highest BCUT2D eigenvalue weighted by atomic mass is 32.2. The summed E-state index contributed by atoms with van der Waals surface area (Å²) in [5.74, 6) is 0.447. The van der Waals surface area contributed by atoms with Crippen LogP contribution in [0.3, 0.4) is 0 Å². The first kappa shape index (κ1) is 20.2. The molecule has 0 saturated carbocycles. The van der Waals surface area contributed by atoms with Crippen molar-refractivity contribution in [1.82, 2.24) is 19.7 Å². The van der Waals surface area contributed by atoms with E-state index in [0.29, 0.717) is 17.5 Å². The number of aromatic nitrogens is 4. The zero-order valence-electron chi connectivity index (χ0n) is 17.4. The van der Waals surface area contributed by atoms with Crippen LogP contribution in [0.15, 0.2) is 90.1 Å². The second-order valence-electron chi connectivity index (χ2n) is 7.20. The number of rotatable bonds is 6. The van der Waals surface area contributed by atoms with Gasteiger partial charge in [0.25, 0.3) is 0 Å². The molecule has 0 fully saturated rings. The Hall–Kier alpha value is -3.71. The smallest absolute Gasteiger partial charge is 0.191 e. The van der Waals surface area contributed by atoms with Crippen molar-refractivity contribution in [3.8, 4) is 16.9 Å². The predicted octanol–water partition coefficient (Wildman–Crippen LogP) is 5.96.